The fraction of sp³-hybridized carbons (Fsp3) is 0.400. The number of hydrogen-bond donors (Lipinski definition) is 3. The SMILES string of the molecule is CC1Oc2ccc(C(N)C(=O)OC(C)(C)CCc3cccc(CNC(=O)OC(C)(C)CCc4ccccc4)c3)cc2N=C1N. The van der Waals surface area contributed by atoms with E-state index in [9.17, 15) is 9.59 Å². The highest BCUT2D eigenvalue weighted by Crippen LogP contribution is 2.34. The van der Waals surface area contributed by atoms with Gasteiger partial charge in [0.05, 0.1) is 0 Å². The topological polar surface area (TPSA) is 138 Å². The molecule has 1 amide bonds. The molecule has 5 N–H and O–H groups in total. The summed E-state index contributed by atoms with van der Waals surface area (Å²) in [7, 11) is 0. The van der Waals surface area contributed by atoms with Gasteiger partial charge in [0, 0.05) is 6.54 Å². The minimum Gasteiger partial charge on any atom is -0.481 e. The standard InChI is InChI=1S/C35H44N4O5/c1-23-31(37)39-28-21-27(14-15-29(28)42-23)30(36)32(40)43-34(2,3)19-17-25-12-9-13-26(20-25)22-38-33(41)44-35(4,5)18-16-24-10-7-6-8-11-24/h6-15,20-21,23,30H,16-19,22,36H2,1-5H3,(H2,37,39)(H,38,41). The van der Waals surface area contributed by atoms with E-state index < -0.39 is 29.3 Å². The molecule has 1 aliphatic rings. The van der Waals surface area contributed by atoms with Crippen LogP contribution in [0.3, 0.4) is 0 Å². The third-order valence-electron chi connectivity index (χ3n) is 7.61. The maximum Gasteiger partial charge on any atom is 0.407 e. The van der Waals surface area contributed by atoms with Crippen molar-refractivity contribution in [2.75, 3.05) is 0 Å². The van der Waals surface area contributed by atoms with Crippen LogP contribution in [0, 0.1) is 0 Å². The zero-order valence-electron chi connectivity index (χ0n) is 26.3. The minimum absolute atomic E-state index is 0.311. The monoisotopic (exact) mass is 600 g/mol. The van der Waals surface area contributed by atoms with Crippen molar-refractivity contribution < 1.29 is 23.8 Å². The highest BCUT2D eigenvalue weighted by Gasteiger charge is 2.28. The Morgan fingerprint density at radius 3 is 2.25 bits per heavy atom. The number of nitrogens with two attached hydrogens (primary N) is 2. The van der Waals surface area contributed by atoms with Gasteiger partial charge in [-0.2, -0.15) is 0 Å². The molecule has 0 radical (unpaired) electrons. The minimum atomic E-state index is -0.979. The largest absolute Gasteiger partial charge is 0.481 e. The van der Waals surface area contributed by atoms with Gasteiger partial charge in [0.1, 0.15) is 34.5 Å². The second-order valence-corrected chi connectivity index (χ2v) is 12.5. The van der Waals surface area contributed by atoms with Gasteiger partial charge in [-0.15, -0.1) is 0 Å². The fourth-order valence-corrected chi connectivity index (χ4v) is 4.86. The van der Waals surface area contributed by atoms with E-state index in [-0.39, 0.29) is 6.10 Å². The van der Waals surface area contributed by atoms with Gasteiger partial charge in [-0.1, -0.05) is 60.7 Å². The Bertz CT molecular complexity index is 1490. The van der Waals surface area contributed by atoms with Crippen molar-refractivity contribution >= 4 is 23.6 Å². The number of aliphatic imine (C=N–C) groups is 1. The number of amidine groups is 1. The molecule has 1 heterocycles. The lowest BCUT2D eigenvalue weighted by atomic mass is 9.97. The molecule has 4 rings (SSSR count). The van der Waals surface area contributed by atoms with Gasteiger partial charge in [-0.3, -0.25) is 0 Å². The van der Waals surface area contributed by atoms with Crippen LogP contribution >= 0.6 is 0 Å². The van der Waals surface area contributed by atoms with Crippen LogP contribution in [0.25, 0.3) is 0 Å². The first kappa shape index (κ1) is 32.5. The van der Waals surface area contributed by atoms with E-state index in [0.717, 1.165) is 24.0 Å². The average Bonchev–Trinajstić information content (AvgIpc) is 2.98. The summed E-state index contributed by atoms with van der Waals surface area (Å²) in [4.78, 5) is 29.9. The first-order valence-corrected chi connectivity index (χ1v) is 15.0. The van der Waals surface area contributed by atoms with Crippen molar-refractivity contribution in [1.82, 2.24) is 5.32 Å². The van der Waals surface area contributed by atoms with Gasteiger partial charge in [-0.05, 0) is 94.7 Å². The van der Waals surface area contributed by atoms with E-state index in [0.29, 0.717) is 42.2 Å². The van der Waals surface area contributed by atoms with Crippen LogP contribution in [0.2, 0.25) is 0 Å². The molecule has 3 aromatic carbocycles. The van der Waals surface area contributed by atoms with Gasteiger partial charge in [0.25, 0.3) is 0 Å². The molecule has 0 saturated heterocycles. The quantitative estimate of drug-likeness (QED) is 0.215. The third kappa shape index (κ3) is 9.31. The number of amides is 1. The van der Waals surface area contributed by atoms with Crippen LogP contribution in [0.5, 0.6) is 5.75 Å². The molecular weight excluding hydrogens is 556 g/mol. The van der Waals surface area contributed by atoms with E-state index in [1.165, 1.54) is 5.56 Å². The first-order chi connectivity index (χ1) is 20.8. The van der Waals surface area contributed by atoms with E-state index in [1.54, 1.807) is 18.2 Å². The zero-order chi connectivity index (χ0) is 31.9. The van der Waals surface area contributed by atoms with Gasteiger partial charge in [0.15, 0.2) is 6.10 Å². The van der Waals surface area contributed by atoms with E-state index in [4.69, 9.17) is 25.7 Å². The number of rotatable bonds is 12. The number of nitrogens with zero attached hydrogens (tertiary/aromatic N) is 1. The summed E-state index contributed by atoms with van der Waals surface area (Å²) in [5, 5.41) is 2.86. The van der Waals surface area contributed by atoms with Gasteiger partial charge >= 0.3 is 12.1 Å². The number of ether oxygens (including phenoxy) is 3. The van der Waals surface area contributed by atoms with Crippen molar-refractivity contribution in [3.8, 4) is 5.75 Å². The Labute approximate surface area is 260 Å². The fourth-order valence-electron chi connectivity index (χ4n) is 4.86. The van der Waals surface area contributed by atoms with Gasteiger partial charge < -0.3 is 31.0 Å². The normalized spacial score (nSPS) is 15.3. The molecular formula is C35H44N4O5. The van der Waals surface area contributed by atoms with Crippen LogP contribution in [0.1, 0.15) is 75.8 Å². The second kappa shape index (κ2) is 13.9. The molecule has 1 aliphatic heterocycles. The van der Waals surface area contributed by atoms with Crippen molar-refractivity contribution in [3.63, 3.8) is 0 Å². The molecule has 0 aliphatic carbocycles. The molecule has 0 aromatic heterocycles. The summed E-state index contributed by atoms with van der Waals surface area (Å²) < 4.78 is 17.3. The predicted octanol–water partition coefficient (Wildman–Crippen LogP) is 6.05. The highest BCUT2D eigenvalue weighted by molar-refractivity contribution is 5.90. The Kier molecular flexibility index (Phi) is 10.3. The molecule has 2 unspecified atom stereocenters. The Morgan fingerprint density at radius 1 is 0.886 bits per heavy atom. The summed E-state index contributed by atoms with van der Waals surface area (Å²) in [6.07, 6.45) is 2.03. The lowest BCUT2D eigenvalue weighted by molar-refractivity contribution is -0.158. The molecule has 3 aromatic rings. The van der Waals surface area contributed by atoms with Crippen molar-refractivity contribution in [2.24, 2.45) is 16.5 Å². The van der Waals surface area contributed by atoms with Crippen LogP contribution in [-0.2, 0) is 33.7 Å². The van der Waals surface area contributed by atoms with Crippen molar-refractivity contribution in [3.05, 3.63) is 95.1 Å². The van der Waals surface area contributed by atoms with E-state index in [1.807, 2.05) is 77.1 Å². The lowest BCUT2D eigenvalue weighted by Gasteiger charge is -2.27. The van der Waals surface area contributed by atoms with E-state index in [2.05, 4.69) is 22.4 Å². The van der Waals surface area contributed by atoms with Gasteiger partial charge in [0.2, 0.25) is 0 Å². The number of benzene rings is 3. The average molecular weight is 601 g/mol. The Balaban J connectivity index is 1.25. The molecule has 0 bridgehead atoms. The van der Waals surface area contributed by atoms with Crippen LogP contribution in [-0.4, -0.2) is 35.2 Å². The van der Waals surface area contributed by atoms with Crippen LogP contribution < -0.4 is 21.5 Å². The summed E-state index contributed by atoms with van der Waals surface area (Å²) >= 11 is 0. The first-order valence-electron chi connectivity index (χ1n) is 15.0. The smallest absolute Gasteiger partial charge is 0.407 e. The number of nitrogens with one attached hydrogen (secondary N) is 1. The molecule has 0 spiro atoms. The number of aryl methyl sites for hydroxylation is 2. The molecule has 2 atom stereocenters. The number of hydrogen-bond acceptors (Lipinski definition) is 8. The summed E-state index contributed by atoms with van der Waals surface area (Å²) in [6.45, 7) is 9.74. The Morgan fingerprint density at radius 2 is 1.52 bits per heavy atom. The molecule has 9 nitrogen and oxygen atoms in total. The maximum atomic E-state index is 13.0. The number of esters is 1. The molecule has 9 heteroatoms. The zero-order valence-corrected chi connectivity index (χ0v) is 26.3. The van der Waals surface area contributed by atoms with Crippen molar-refractivity contribution in [1.29, 1.82) is 0 Å². The number of carbonyl (C=O) groups is 2. The summed E-state index contributed by atoms with van der Waals surface area (Å²) in [5.41, 5.74) is 15.2. The van der Waals surface area contributed by atoms with E-state index >= 15 is 0 Å². The Hall–Kier alpha value is -4.37. The second-order valence-electron chi connectivity index (χ2n) is 12.5. The molecule has 0 fully saturated rings. The number of carbonyl (C=O) groups excluding carboxylic acids is 2. The van der Waals surface area contributed by atoms with Crippen LogP contribution in [0.4, 0.5) is 10.5 Å². The number of fused-ring (bicyclic) bond motifs is 1. The lowest BCUT2D eigenvalue weighted by Crippen LogP contribution is -2.35. The maximum absolute atomic E-state index is 13.0. The number of alkyl carbamates (subject to hydrolysis) is 1. The summed E-state index contributed by atoms with van der Waals surface area (Å²) in [5.74, 6) is 0.429. The molecule has 0 saturated carbocycles. The molecule has 234 valence electrons. The summed E-state index contributed by atoms with van der Waals surface area (Å²) in [6, 6.07) is 22.3. The van der Waals surface area contributed by atoms with Crippen molar-refractivity contribution in [2.45, 2.75) is 90.2 Å². The molecule has 44 heavy (non-hydrogen) atoms. The third-order valence-corrected chi connectivity index (χ3v) is 7.61. The highest BCUT2D eigenvalue weighted by atomic mass is 16.6. The van der Waals surface area contributed by atoms with Gasteiger partial charge in [-0.25, -0.2) is 14.6 Å². The predicted molar refractivity (Wildman–Crippen MR) is 172 cm³/mol. The van der Waals surface area contributed by atoms with Crippen LogP contribution in [0.15, 0.2) is 77.8 Å².